The van der Waals surface area contributed by atoms with Crippen molar-refractivity contribution in [2.45, 2.75) is 25.7 Å². The lowest BCUT2D eigenvalue weighted by Gasteiger charge is -2.40. The molecule has 2 aliphatic rings. The lowest BCUT2D eigenvalue weighted by atomic mass is 9.99. The zero-order valence-corrected chi connectivity index (χ0v) is 14.8. The molecule has 0 radical (unpaired) electrons. The number of methoxy groups -OCH3 is 1. The molecule has 2 fully saturated rings. The molecule has 0 spiro atoms. The second-order valence-corrected chi connectivity index (χ2v) is 7.68. The summed E-state index contributed by atoms with van der Waals surface area (Å²) in [4.78, 5) is 21.6. The highest BCUT2D eigenvalue weighted by Crippen LogP contribution is 2.35. The van der Waals surface area contributed by atoms with E-state index < -0.39 is 0 Å². The van der Waals surface area contributed by atoms with E-state index >= 15 is 0 Å². The van der Waals surface area contributed by atoms with Gasteiger partial charge in [-0.3, -0.25) is 4.79 Å². The summed E-state index contributed by atoms with van der Waals surface area (Å²) in [5.41, 5.74) is 0.969. The van der Waals surface area contributed by atoms with Crippen molar-refractivity contribution in [3.8, 4) is 5.75 Å². The van der Waals surface area contributed by atoms with Crippen LogP contribution in [-0.4, -0.2) is 49.1 Å². The predicted octanol–water partition coefficient (Wildman–Crippen LogP) is 3.14. The smallest absolute Gasteiger partial charge is 0.229 e. The van der Waals surface area contributed by atoms with Crippen molar-refractivity contribution in [3.63, 3.8) is 0 Å². The zero-order valence-electron chi connectivity index (χ0n) is 14.0. The Morgan fingerprint density at radius 2 is 1.96 bits per heavy atom. The van der Waals surface area contributed by atoms with Crippen molar-refractivity contribution >= 4 is 32.6 Å². The van der Waals surface area contributed by atoms with Crippen molar-refractivity contribution in [2.24, 2.45) is 5.92 Å². The summed E-state index contributed by atoms with van der Waals surface area (Å²) in [6, 6.07) is 5.98. The van der Waals surface area contributed by atoms with Crippen LogP contribution in [0.1, 0.15) is 25.7 Å². The molecule has 3 heterocycles. The van der Waals surface area contributed by atoms with E-state index in [0.717, 1.165) is 60.1 Å². The third kappa shape index (κ3) is 2.95. The van der Waals surface area contributed by atoms with Gasteiger partial charge >= 0.3 is 0 Å². The van der Waals surface area contributed by atoms with Gasteiger partial charge < -0.3 is 14.5 Å². The second-order valence-electron chi connectivity index (χ2n) is 6.67. The Morgan fingerprint density at radius 3 is 2.67 bits per heavy atom. The largest absolute Gasteiger partial charge is 0.497 e. The minimum absolute atomic E-state index is 0.143. The topological polar surface area (TPSA) is 45.7 Å². The molecule has 1 aromatic heterocycles. The van der Waals surface area contributed by atoms with Crippen LogP contribution >= 0.6 is 11.3 Å². The molecule has 1 amide bonds. The quantitative estimate of drug-likeness (QED) is 0.857. The van der Waals surface area contributed by atoms with E-state index in [0.29, 0.717) is 5.91 Å². The van der Waals surface area contributed by atoms with Crippen molar-refractivity contribution in [3.05, 3.63) is 18.2 Å². The van der Waals surface area contributed by atoms with Crippen LogP contribution in [0.4, 0.5) is 5.13 Å². The average molecular weight is 345 g/mol. The third-order valence-electron chi connectivity index (χ3n) is 5.00. The van der Waals surface area contributed by atoms with Crippen LogP contribution in [0.25, 0.3) is 10.2 Å². The number of nitrogens with zero attached hydrogens (tertiary/aromatic N) is 3. The number of amides is 1. The summed E-state index contributed by atoms with van der Waals surface area (Å²) in [7, 11) is 1.67. The predicted molar refractivity (Wildman–Crippen MR) is 96.9 cm³/mol. The van der Waals surface area contributed by atoms with E-state index in [-0.39, 0.29) is 5.92 Å². The number of carbonyl (C=O) groups excluding carboxylic acids is 1. The van der Waals surface area contributed by atoms with Gasteiger partial charge in [0.15, 0.2) is 5.13 Å². The highest BCUT2D eigenvalue weighted by Gasteiger charge is 2.36. The number of rotatable bonds is 3. The van der Waals surface area contributed by atoms with Gasteiger partial charge in [-0.2, -0.15) is 0 Å². The van der Waals surface area contributed by atoms with Crippen LogP contribution in [0.3, 0.4) is 0 Å². The van der Waals surface area contributed by atoms with Crippen LogP contribution in [0.2, 0.25) is 0 Å². The van der Waals surface area contributed by atoms with E-state index in [2.05, 4.69) is 15.9 Å². The Morgan fingerprint density at radius 1 is 1.21 bits per heavy atom. The maximum Gasteiger partial charge on any atom is 0.229 e. The summed E-state index contributed by atoms with van der Waals surface area (Å²) in [5.74, 6) is 1.32. The number of thiazole rings is 1. The normalized spacial score (nSPS) is 19.2. The summed E-state index contributed by atoms with van der Waals surface area (Å²) >= 11 is 1.69. The molecule has 24 heavy (non-hydrogen) atoms. The number of ether oxygens (including phenoxy) is 1. The molecule has 2 aliphatic heterocycles. The van der Waals surface area contributed by atoms with Crippen LogP contribution < -0.4 is 9.64 Å². The standard InChI is InChI=1S/C18H23N3O2S/c1-23-14-6-7-16-15(10-14)19-18(24-16)21-11-13(12-21)17(22)20-8-4-2-3-5-9-20/h6-7,10,13H,2-5,8-9,11-12H2,1H3. The number of likely N-dealkylation sites (tertiary alicyclic amines) is 1. The van der Waals surface area contributed by atoms with Crippen LogP contribution in [0.5, 0.6) is 5.75 Å². The Balaban J connectivity index is 1.40. The van der Waals surface area contributed by atoms with E-state index in [1.54, 1.807) is 18.4 Å². The van der Waals surface area contributed by atoms with Crippen molar-refractivity contribution in [1.29, 1.82) is 0 Å². The minimum Gasteiger partial charge on any atom is -0.497 e. The number of hydrogen-bond acceptors (Lipinski definition) is 5. The first-order chi connectivity index (χ1) is 11.7. The molecule has 2 saturated heterocycles. The molecule has 6 heteroatoms. The van der Waals surface area contributed by atoms with Crippen LogP contribution in [0.15, 0.2) is 18.2 Å². The number of benzene rings is 1. The summed E-state index contributed by atoms with van der Waals surface area (Å²) < 4.78 is 6.42. The Bertz CT molecular complexity index is 731. The maximum atomic E-state index is 12.6. The van der Waals surface area contributed by atoms with Gasteiger partial charge in [0.25, 0.3) is 0 Å². The Hall–Kier alpha value is -1.82. The number of anilines is 1. The van der Waals surface area contributed by atoms with Crippen LogP contribution in [-0.2, 0) is 4.79 Å². The van der Waals surface area contributed by atoms with Gasteiger partial charge in [0, 0.05) is 32.2 Å². The number of fused-ring (bicyclic) bond motifs is 1. The number of carbonyl (C=O) groups is 1. The molecule has 0 unspecified atom stereocenters. The van der Waals surface area contributed by atoms with Gasteiger partial charge in [0.05, 0.1) is 23.2 Å². The fourth-order valence-electron chi connectivity index (χ4n) is 3.50. The maximum absolute atomic E-state index is 12.6. The highest BCUT2D eigenvalue weighted by atomic mass is 32.1. The molecular formula is C18H23N3O2S. The van der Waals surface area contributed by atoms with Gasteiger partial charge in [-0.15, -0.1) is 0 Å². The summed E-state index contributed by atoms with van der Waals surface area (Å²) in [6.45, 7) is 3.48. The first-order valence-corrected chi connectivity index (χ1v) is 9.54. The fourth-order valence-corrected chi connectivity index (χ4v) is 4.46. The van der Waals surface area contributed by atoms with E-state index in [1.807, 2.05) is 12.1 Å². The zero-order chi connectivity index (χ0) is 16.5. The van der Waals surface area contributed by atoms with Gasteiger partial charge in [0.1, 0.15) is 5.75 Å². The average Bonchev–Trinajstić information content (AvgIpc) is 2.77. The molecular weight excluding hydrogens is 322 g/mol. The van der Waals surface area contributed by atoms with Crippen molar-refractivity contribution in [2.75, 3.05) is 38.2 Å². The lowest BCUT2D eigenvalue weighted by Crippen LogP contribution is -2.54. The van der Waals surface area contributed by atoms with E-state index in [4.69, 9.17) is 9.72 Å². The van der Waals surface area contributed by atoms with Gasteiger partial charge in [-0.05, 0) is 25.0 Å². The van der Waals surface area contributed by atoms with Gasteiger partial charge in [0.2, 0.25) is 5.91 Å². The van der Waals surface area contributed by atoms with Gasteiger partial charge in [-0.1, -0.05) is 24.2 Å². The molecule has 0 atom stereocenters. The molecule has 0 saturated carbocycles. The molecule has 0 bridgehead atoms. The Labute approximate surface area is 146 Å². The third-order valence-corrected chi connectivity index (χ3v) is 6.10. The number of aromatic nitrogens is 1. The molecule has 2 aromatic rings. The van der Waals surface area contributed by atoms with E-state index in [1.165, 1.54) is 12.8 Å². The minimum atomic E-state index is 0.143. The van der Waals surface area contributed by atoms with Crippen molar-refractivity contribution in [1.82, 2.24) is 9.88 Å². The fraction of sp³-hybridized carbons (Fsp3) is 0.556. The molecule has 128 valence electrons. The summed E-state index contributed by atoms with van der Waals surface area (Å²) in [6.07, 6.45) is 4.83. The van der Waals surface area contributed by atoms with Crippen molar-refractivity contribution < 1.29 is 9.53 Å². The number of hydrogen-bond donors (Lipinski definition) is 0. The molecule has 5 nitrogen and oxygen atoms in total. The molecule has 0 N–H and O–H groups in total. The first-order valence-electron chi connectivity index (χ1n) is 8.73. The Kier molecular flexibility index (Phi) is 4.31. The summed E-state index contributed by atoms with van der Waals surface area (Å²) in [5, 5.41) is 1.01. The lowest BCUT2D eigenvalue weighted by molar-refractivity contribution is -0.136. The first kappa shape index (κ1) is 15.7. The highest BCUT2D eigenvalue weighted by molar-refractivity contribution is 7.22. The molecule has 4 rings (SSSR count). The SMILES string of the molecule is COc1ccc2sc(N3CC(C(=O)N4CCCCCC4)C3)nc2c1. The monoisotopic (exact) mass is 345 g/mol. The second kappa shape index (κ2) is 6.59. The van der Waals surface area contributed by atoms with Gasteiger partial charge in [-0.25, -0.2) is 4.98 Å². The molecule has 0 aliphatic carbocycles. The van der Waals surface area contributed by atoms with E-state index in [9.17, 15) is 4.79 Å². The molecule has 1 aromatic carbocycles. The van der Waals surface area contributed by atoms with Crippen LogP contribution in [0, 0.1) is 5.92 Å².